The van der Waals surface area contributed by atoms with Crippen molar-refractivity contribution in [3.05, 3.63) is 60.2 Å². The summed E-state index contributed by atoms with van der Waals surface area (Å²) in [5.74, 6) is 2.44. The number of likely N-dealkylation sites (tertiary alicyclic amines) is 1. The van der Waals surface area contributed by atoms with E-state index in [9.17, 15) is 4.79 Å². The van der Waals surface area contributed by atoms with Gasteiger partial charge < -0.3 is 19.0 Å². The van der Waals surface area contributed by atoms with Crippen LogP contribution in [0.1, 0.15) is 61.8 Å². The molecule has 3 aromatic rings. The lowest BCUT2D eigenvalue weighted by Crippen LogP contribution is -2.38. The molecule has 1 fully saturated rings. The third kappa shape index (κ3) is 6.26. The topological polar surface area (TPSA) is 80.7 Å². The molecular formula is C26H33N3O4. The number of hydrogen-bond donors (Lipinski definition) is 1. The maximum atomic E-state index is 12.8. The number of amides is 1. The first-order valence-corrected chi connectivity index (χ1v) is 11.9. The Kier molecular flexibility index (Phi) is 7.83. The zero-order valence-corrected chi connectivity index (χ0v) is 19.5. The van der Waals surface area contributed by atoms with E-state index < -0.39 is 0 Å². The lowest BCUT2D eigenvalue weighted by Gasteiger charge is -2.29. The zero-order valence-electron chi connectivity index (χ0n) is 19.5. The molecule has 1 saturated heterocycles. The van der Waals surface area contributed by atoms with E-state index in [0.717, 1.165) is 30.2 Å². The van der Waals surface area contributed by atoms with Gasteiger partial charge in [-0.25, -0.2) is 0 Å². The minimum Gasteiger partial charge on any atom is -0.493 e. The third-order valence-corrected chi connectivity index (χ3v) is 5.87. The highest BCUT2D eigenvalue weighted by Crippen LogP contribution is 2.26. The summed E-state index contributed by atoms with van der Waals surface area (Å²) in [6, 6.07) is 13.2. The molecule has 0 unspecified atom stereocenters. The summed E-state index contributed by atoms with van der Waals surface area (Å²) in [4.78, 5) is 15.2. The second kappa shape index (κ2) is 11.2. The van der Waals surface area contributed by atoms with Crippen LogP contribution in [0.5, 0.6) is 5.75 Å². The fourth-order valence-electron chi connectivity index (χ4n) is 4.07. The van der Waals surface area contributed by atoms with Crippen LogP contribution in [0.15, 0.2) is 57.7 Å². The molecule has 1 aromatic carbocycles. The Morgan fingerprint density at radius 1 is 1.12 bits per heavy atom. The maximum Gasteiger partial charge on any atom is 0.273 e. The summed E-state index contributed by atoms with van der Waals surface area (Å²) >= 11 is 0. The van der Waals surface area contributed by atoms with Gasteiger partial charge in [-0.1, -0.05) is 31.8 Å². The lowest BCUT2D eigenvalue weighted by atomic mass is 10.1. The van der Waals surface area contributed by atoms with E-state index in [-0.39, 0.29) is 17.6 Å². The van der Waals surface area contributed by atoms with Crippen LogP contribution in [0, 0.1) is 5.92 Å². The third-order valence-electron chi connectivity index (χ3n) is 5.87. The number of furan rings is 1. The first-order valence-electron chi connectivity index (χ1n) is 11.9. The van der Waals surface area contributed by atoms with E-state index >= 15 is 0 Å². The summed E-state index contributed by atoms with van der Waals surface area (Å²) in [5, 5.41) is 7.01. The van der Waals surface area contributed by atoms with Crippen LogP contribution in [-0.2, 0) is 0 Å². The number of rotatable bonds is 9. The number of aromatic nitrogens is 1. The molecule has 0 saturated carbocycles. The summed E-state index contributed by atoms with van der Waals surface area (Å²) in [5.41, 5.74) is 1.11. The second-order valence-corrected chi connectivity index (χ2v) is 9.00. The first-order chi connectivity index (χ1) is 16.1. The van der Waals surface area contributed by atoms with Crippen molar-refractivity contribution < 1.29 is 18.5 Å². The van der Waals surface area contributed by atoms with Crippen molar-refractivity contribution in [3.8, 4) is 17.1 Å². The van der Waals surface area contributed by atoms with Crippen LogP contribution in [0.2, 0.25) is 0 Å². The molecule has 2 aromatic heterocycles. The van der Waals surface area contributed by atoms with Crippen LogP contribution in [0.3, 0.4) is 0 Å². The normalized spacial score (nSPS) is 15.8. The molecule has 1 aliphatic heterocycles. The van der Waals surface area contributed by atoms with Gasteiger partial charge in [0.05, 0.1) is 18.9 Å². The molecule has 1 amide bonds. The summed E-state index contributed by atoms with van der Waals surface area (Å²) in [6.07, 6.45) is 6.52. The molecule has 0 spiro atoms. The van der Waals surface area contributed by atoms with Crippen LogP contribution >= 0.6 is 0 Å². The molecule has 7 nitrogen and oxygen atoms in total. The maximum absolute atomic E-state index is 12.8. The number of hydrogen-bond acceptors (Lipinski definition) is 6. The number of nitrogens with zero attached hydrogens (tertiary/aromatic N) is 2. The Hall–Kier alpha value is -3.06. The van der Waals surface area contributed by atoms with Gasteiger partial charge in [0.15, 0.2) is 11.5 Å². The highest BCUT2D eigenvalue weighted by molar-refractivity contribution is 5.93. The van der Waals surface area contributed by atoms with Crippen molar-refractivity contribution in [1.82, 2.24) is 15.4 Å². The van der Waals surface area contributed by atoms with Crippen molar-refractivity contribution in [2.45, 2.75) is 45.6 Å². The average molecular weight is 452 g/mol. The summed E-state index contributed by atoms with van der Waals surface area (Å²) in [6.45, 7) is 7.36. The molecule has 1 atom stereocenters. The predicted molar refractivity (Wildman–Crippen MR) is 126 cm³/mol. The Morgan fingerprint density at radius 2 is 1.88 bits per heavy atom. The molecule has 176 valence electrons. The number of benzene rings is 1. The fourth-order valence-corrected chi connectivity index (χ4v) is 4.07. The Bertz CT molecular complexity index is 987. The Morgan fingerprint density at radius 3 is 2.55 bits per heavy atom. The lowest BCUT2D eigenvalue weighted by molar-refractivity contribution is 0.0918. The number of ether oxygens (including phenoxy) is 1. The van der Waals surface area contributed by atoms with Gasteiger partial charge in [0.1, 0.15) is 11.5 Å². The monoisotopic (exact) mass is 451 g/mol. The Labute approximate surface area is 195 Å². The Balaban J connectivity index is 1.38. The van der Waals surface area contributed by atoms with E-state index in [0.29, 0.717) is 24.8 Å². The number of nitrogens with one attached hydrogen (secondary N) is 1. The molecule has 0 aliphatic carbocycles. The molecule has 0 radical (unpaired) electrons. The van der Waals surface area contributed by atoms with E-state index in [2.05, 4.69) is 29.2 Å². The van der Waals surface area contributed by atoms with Gasteiger partial charge in [-0.05, 0) is 68.2 Å². The van der Waals surface area contributed by atoms with Crippen molar-refractivity contribution in [2.24, 2.45) is 5.92 Å². The molecule has 1 aliphatic rings. The van der Waals surface area contributed by atoms with E-state index in [1.807, 2.05) is 36.4 Å². The average Bonchev–Trinajstić information content (AvgIpc) is 3.46. The molecular weight excluding hydrogens is 418 g/mol. The van der Waals surface area contributed by atoms with Crippen molar-refractivity contribution in [1.29, 1.82) is 0 Å². The smallest absolute Gasteiger partial charge is 0.273 e. The number of carbonyl (C=O) groups excluding carboxylic acids is 1. The molecule has 1 N–H and O–H groups in total. The van der Waals surface area contributed by atoms with Crippen molar-refractivity contribution in [2.75, 3.05) is 26.2 Å². The number of carbonyl (C=O) groups is 1. The fraction of sp³-hybridized carbons (Fsp3) is 0.462. The van der Waals surface area contributed by atoms with Gasteiger partial charge in [-0.3, -0.25) is 9.69 Å². The van der Waals surface area contributed by atoms with Gasteiger partial charge in [-0.2, -0.15) is 0 Å². The van der Waals surface area contributed by atoms with Crippen molar-refractivity contribution in [3.63, 3.8) is 0 Å². The first kappa shape index (κ1) is 23.1. The molecule has 4 rings (SSSR count). The highest BCUT2D eigenvalue weighted by Gasteiger charge is 2.25. The van der Waals surface area contributed by atoms with E-state index in [1.54, 1.807) is 12.3 Å². The van der Waals surface area contributed by atoms with Gasteiger partial charge in [0.25, 0.3) is 5.91 Å². The molecule has 33 heavy (non-hydrogen) atoms. The quantitative estimate of drug-likeness (QED) is 0.474. The standard InChI is InChI=1S/C26H33N3O4/c1-19(2)18-32-21-11-9-20(10-12-21)25-16-22(28-33-25)26(30)27-17-23(24-8-7-15-31-24)29-13-5-3-4-6-14-29/h7-12,15-16,19,23H,3-6,13-14,17-18H2,1-2H3,(H,27,30)/t23-/m1/s1. The summed E-state index contributed by atoms with van der Waals surface area (Å²) < 4.78 is 16.9. The van der Waals surface area contributed by atoms with Crippen LogP contribution < -0.4 is 10.1 Å². The highest BCUT2D eigenvalue weighted by atomic mass is 16.5. The van der Waals surface area contributed by atoms with Gasteiger partial charge in [0.2, 0.25) is 0 Å². The largest absolute Gasteiger partial charge is 0.493 e. The van der Waals surface area contributed by atoms with Gasteiger partial charge >= 0.3 is 0 Å². The van der Waals surface area contributed by atoms with Crippen LogP contribution in [0.25, 0.3) is 11.3 Å². The minimum atomic E-state index is -0.256. The van der Waals surface area contributed by atoms with Gasteiger partial charge in [0, 0.05) is 18.2 Å². The molecule has 7 heteroatoms. The SMILES string of the molecule is CC(C)COc1ccc(-c2cc(C(=O)NC[C@H](c3ccco3)N3CCCCCC3)no2)cc1. The zero-order chi connectivity index (χ0) is 23.0. The molecule has 3 heterocycles. The molecule has 0 bridgehead atoms. The van der Waals surface area contributed by atoms with Crippen molar-refractivity contribution >= 4 is 5.91 Å². The van der Waals surface area contributed by atoms with E-state index in [1.165, 1.54) is 25.7 Å². The van der Waals surface area contributed by atoms with Crippen LogP contribution in [0.4, 0.5) is 0 Å². The minimum absolute atomic E-state index is 0.00630. The van der Waals surface area contributed by atoms with Gasteiger partial charge in [-0.15, -0.1) is 0 Å². The predicted octanol–water partition coefficient (Wildman–Crippen LogP) is 5.32. The second-order valence-electron chi connectivity index (χ2n) is 9.00. The van der Waals surface area contributed by atoms with E-state index in [4.69, 9.17) is 13.7 Å². The van der Waals surface area contributed by atoms with Crippen LogP contribution in [-0.4, -0.2) is 42.2 Å². The summed E-state index contributed by atoms with van der Waals surface area (Å²) in [7, 11) is 0.